The van der Waals surface area contributed by atoms with Crippen molar-refractivity contribution in [3.05, 3.63) is 27.6 Å². The fraction of sp³-hybridized carbons (Fsp3) is 0.111. The molecule has 7 N–H and O–H groups in total. The molecule has 7 nitrogen and oxygen atoms in total. The van der Waals surface area contributed by atoms with Crippen LogP contribution >= 0.6 is 11.3 Å². The summed E-state index contributed by atoms with van der Waals surface area (Å²) in [4.78, 5) is 3.93. The van der Waals surface area contributed by atoms with E-state index in [4.69, 9.17) is 17.2 Å². The molecular weight excluding hydrogens is 240 g/mol. The van der Waals surface area contributed by atoms with Crippen molar-refractivity contribution in [2.24, 2.45) is 0 Å². The minimum atomic E-state index is -0.191. The molecule has 0 saturated carbocycles. The molecule has 0 fully saturated rings. The van der Waals surface area contributed by atoms with Gasteiger partial charge in [-0.15, -0.1) is 0 Å². The average Bonchev–Trinajstić information content (AvgIpc) is 2.82. The summed E-state index contributed by atoms with van der Waals surface area (Å²) in [6, 6.07) is 1.96. The Labute approximate surface area is 101 Å². The quantitative estimate of drug-likeness (QED) is 0.454. The van der Waals surface area contributed by atoms with Crippen molar-refractivity contribution in [2.75, 3.05) is 22.5 Å². The van der Waals surface area contributed by atoms with Gasteiger partial charge < -0.3 is 27.7 Å². The molecule has 0 saturated heterocycles. The summed E-state index contributed by atoms with van der Waals surface area (Å²) in [6.07, 6.45) is 0. The lowest BCUT2D eigenvalue weighted by molar-refractivity contribution is -0.573. The normalized spacial score (nSPS) is 10.4. The van der Waals surface area contributed by atoms with E-state index >= 15 is 0 Å². The molecule has 2 aromatic heterocycles. The zero-order valence-electron chi connectivity index (χ0n) is 8.88. The van der Waals surface area contributed by atoms with Crippen molar-refractivity contribution in [3.63, 3.8) is 0 Å². The van der Waals surface area contributed by atoms with Gasteiger partial charge in [0.15, 0.2) is 5.82 Å². The van der Waals surface area contributed by atoms with Gasteiger partial charge in [0, 0.05) is 6.54 Å². The number of anilines is 4. The van der Waals surface area contributed by atoms with E-state index in [9.17, 15) is 5.21 Å². The lowest BCUT2D eigenvalue weighted by atomic mass is 10.3. The van der Waals surface area contributed by atoms with Crippen LogP contribution in [-0.4, -0.2) is 4.98 Å². The van der Waals surface area contributed by atoms with Gasteiger partial charge in [0.25, 0.3) is 11.6 Å². The van der Waals surface area contributed by atoms with E-state index in [-0.39, 0.29) is 23.3 Å². The van der Waals surface area contributed by atoms with Crippen LogP contribution in [0.2, 0.25) is 0 Å². The summed E-state index contributed by atoms with van der Waals surface area (Å²) >= 11 is 1.58. The molecule has 0 unspecified atom stereocenters. The number of hydrogen-bond donors (Lipinski definition) is 4. The smallest absolute Gasteiger partial charge is 0.263 e. The molecule has 17 heavy (non-hydrogen) atoms. The topological polar surface area (TPSA) is 130 Å². The van der Waals surface area contributed by atoms with Crippen LogP contribution in [0.3, 0.4) is 0 Å². The maximum atomic E-state index is 11.5. The molecule has 2 heterocycles. The van der Waals surface area contributed by atoms with Gasteiger partial charge in [0.05, 0.1) is 0 Å². The highest BCUT2D eigenvalue weighted by Crippen LogP contribution is 2.18. The van der Waals surface area contributed by atoms with Crippen LogP contribution < -0.4 is 27.2 Å². The highest BCUT2D eigenvalue weighted by Gasteiger charge is 2.13. The number of nitrogens with zero attached hydrogens (tertiary/aromatic N) is 2. The van der Waals surface area contributed by atoms with Crippen LogP contribution in [0.25, 0.3) is 0 Å². The predicted molar refractivity (Wildman–Crippen MR) is 68.1 cm³/mol. The number of hydrogen-bond acceptors (Lipinski definition) is 7. The lowest BCUT2D eigenvalue weighted by Gasteiger charge is -2.14. The van der Waals surface area contributed by atoms with Crippen LogP contribution in [-0.2, 0) is 6.54 Å². The van der Waals surface area contributed by atoms with Gasteiger partial charge in [-0.1, -0.05) is 0 Å². The molecule has 0 aromatic carbocycles. The predicted octanol–water partition coefficient (Wildman–Crippen LogP) is 0.135. The van der Waals surface area contributed by atoms with Crippen molar-refractivity contribution in [1.82, 2.24) is 4.98 Å². The monoisotopic (exact) mass is 252 g/mol. The summed E-state index contributed by atoms with van der Waals surface area (Å²) in [5.41, 5.74) is 17.5. The number of thiophene rings is 1. The van der Waals surface area contributed by atoms with Crippen molar-refractivity contribution in [3.8, 4) is 0 Å². The van der Waals surface area contributed by atoms with Gasteiger partial charge in [-0.05, 0) is 22.4 Å². The molecule has 0 bridgehead atoms. The highest BCUT2D eigenvalue weighted by molar-refractivity contribution is 7.07. The van der Waals surface area contributed by atoms with E-state index in [0.29, 0.717) is 11.3 Å². The first-order valence-corrected chi connectivity index (χ1v) is 5.73. The molecule has 0 aliphatic heterocycles. The molecule has 2 rings (SSSR count). The molecule has 0 radical (unpaired) electrons. The fourth-order valence-corrected chi connectivity index (χ4v) is 1.94. The minimum absolute atomic E-state index is 0.0398. The molecule has 8 heteroatoms. The first kappa shape index (κ1) is 11.3. The van der Waals surface area contributed by atoms with E-state index in [2.05, 4.69) is 10.3 Å². The summed E-state index contributed by atoms with van der Waals surface area (Å²) < 4.78 is 0.359. The number of nitrogens with two attached hydrogens (primary N) is 3. The fourth-order valence-electron chi connectivity index (χ4n) is 1.27. The second-order valence-electron chi connectivity index (χ2n) is 3.40. The zero-order valence-corrected chi connectivity index (χ0v) is 9.70. The largest absolute Gasteiger partial charge is 0.740 e. The first-order chi connectivity index (χ1) is 8.09. The number of aromatic nitrogens is 2. The minimum Gasteiger partial charge on any atom is -0.740 e. The van der Waals surface area contributed by atoms with E-state index in [1.165, 1.54) is 0 Å². The van der Waals surface area contributed by atoms with Crippen LogP contribution in [0, 0.1) is 5.21 Å². The Kier molecular flexibility index (Phi) is 2.88. The molecule has 0 aliphatic rings. The zero-order chi connectivity index (χ0) is 12.4. The second-order valence-corrected chi connectivity index (χ2v) is 4.18. The van der Waals surface area contributed by atoms with E-state index in [1.54, 1.807) is 11.3 Å². The van der Waals surface area contributed by atoms with Gasteiger partial charge in [-0.3, -0.25) is 0 Å². The molecule has 0 spiro atoms. The third-order valence-corrected chi connectivity index (χ3v) is 2.95. The van der Waals surface area contributed by atoms with E-state index in [1.807, 2.05) is 16.8 Å². The van der Waals surface area contributed by atoms with E-state index in [0.717, 1.165) is 5.56 Å². The standard InChI is InChI=1S/C9H12N6OS/c10-6-7(11)15(16)8(12)9(14-6)13-3-5-1-2-17-4-5/h1-2,4H,3,11-12H2,(H3,10,13,14). The summed E-state index contributed by atoms with van der Waals surface area (Å²) in [5.74, 6) is -0.0876. The van der Waals surface area contributed by atoms with Gasteiger partial charge in [0.2, 0.25) is 5.82 Å². The number of nitrogen functional groups attached to an aromatic ring is 3. The molecule has 0 atom stereocenters. The Morgan fingerprint density at radius 2 is 2.12 bits per heavy atom. The lowest BCUT2D eigenvalue weighted by Crippen LogP contribution is -2.36. The molecule has 2 aromatic rings. The summed E-state index contributed by atoms with van der Waals surface area (Å²) in [6.45, 7) is 0.518. The summed E-state index contributed by atoms with van der Waals surface area (Å²) in [5, 5.41) is 18.4. The molecule has 0 aliphatic carbocycles. The highest BCUT2D eigenvalue weighted by atomic mass is 32.1. The van der Waals surface area contributed by atoms with Gasteiger partial charge in [-0.2, -0.15) is 11.3 Å². The Balaban J connectivity index is 2.22. The number of rotatable bonds is 3. The van der Waals surface area contributed by atoms with Crippen molar-refractivity contribution in [2.45, 2.75) is 6.54 Å². The van der Waals surface area contributed by atoms with Gasteiger partial charge >= 0.3 is 0 Å². The number of nitrogens with one attached hydrogen (secondary N) is 1. The van der Waals surface area contributed by atoms with E-state index < -0.39 is 0 Å². The third-order valence-electron chi connectivity index (χ3n) is 2.21. The van der Waals surface area contributed by atoms with Crippen molar-refractivity contribution in [1.29, 1.82) is 0 Å². The Bertz CT molecular complexity index is 527. The molecular formula is C9H12N6OS. The first-order valence-electron chi connectivity index (χ1n) is 4.78. The Morgan fingerprint density at radius 3 is 2.76 bits per heavy atom. The molecule has 90 valence electrons. The SMILES string of the molecule is Nc1nc(NCc2ccsc2)c(N)[n+]([O-])c1N. The molecule has 0 amide bonds. The Morgan fingerprint density at radius 1 is 1.35 bits per heavy atom. The van der Waals surface area contributed by atoms with Crippen LogP contribution in [0.5, 0.6) is 0 Å². The average molecular weight is 252 g/mol. The maximum Gasteiger partial charge on any atom is 0.263 e. The Hall–Kier alpha value is -2.22. The van der Waals surface area contributed by atoms with Crippen LogP contribution in [0.15, 0.2) is 16.8 Å². The van der Waals surface area contributed by atoms with Crippen LogP contribution in [0.4, 0.5) is 23.3 Å². The summed E-state index contributed by atoms with van der Waals surface area (Å²) in [7, 11) is 0. The van der Waals surface area contributed by atoms with Gasteiger partial charge in [-0.25, -0.2) is 9.71 Å². The van der Waals surface area contributed by atoms with Gasteiger partial charge in [0.1, 0.15) is 0 Å². The van der Waals surface area contributed by atoms with Crippen molar-refractivity contribution < 1.29 is 4.73 Å². The maximum absolute atomic E-state index is 11.5. The third kappa shape index (κ3) is 2.16. The second kappa shape index (κ2) is 4.34. The van der Waals surface area contributed by atoms with Crippen LogP contribution in [0.1, 0.15) is 5.56 Å². The van der Waals surface area contributed by atoms with Crippen molar-refractivity contribution >= 4 is 34.6 Å².